The van der Waals surface area contributed by atoms with Gasteiger partial charge in [-0.05, 0) is 25.2 Å². The molecule has 0 amide bonds. The first-order chi connectivity index (χ1) is 8.77. The average molecular weight is 254 g/mol. The summed E-state index contributed by atoms with van der Waals surface area (Å²) in [6.45, 7) is 6.43. The molecule has 18 heavy (non-hydrogen) atoms. The third kappa shape index (κ3) is 5.85. The highest BCUT2D eigenvalue weighted by molar-refractivity contribution is 5.59. The van der Waals surface area contributed by atoms with Gasteiger partial charge in [-0.2, -0.15) is 5.10 Å². The van der Waals surface area contributed by atoms with Gasteiger partial charge in [0.15, 0.2) is 0 Å². The molecule has 0 radical (unpaired) electrons. The monoisotopic (exact) mass is 254 g/mol. The Morgan fingerprint density at radius 2 is 2.22 bits per heavy atom. The van der Waals surface area contributed by atoms with Crippen LogP contribution < -0.4 is 0 Å². The van der Waals surface area contributed by atoms with Crippen LogP contribution in [-0.2, 0) is 4.74 Å². The van der Waals surface area contributed by atoms with Crippen LogP contribution in [0, 0.1) is 5.92 Å². The molecule has 0 aromatic rings. The Labute approximate surface area is 113 Å². The summed E-state index contributed by atoms with van der Waals surface area (Å²) < 4.78 is 5.24. The van der Waals surface area contributed by atoms with E-state index in [4.69, 9.17) is 4.74 Å². The summed E-state index contributed by atoms with van der Waals surface area (Å²) in [5.41, 5.74) is 0. The number of hydrogen-bond donors (Lipinski definition) is 0. The van der Waals surface area contributed by atoms with Gasteiger partial charge in [0.05, 0.1) is 12.6 Å². The summed E-state index contributed by atoms with van der Waals surface area (Å²) in [4.78, 5) is 0. The molecule has 0 bridgehead atoms. The standard InChI is InChI=1S/C15H30N2O/c1-4-5-6-7-9-14(2)12-16-17-11-8-10-15(17)13-18-3/h12,14-15H,4-11,13H2,1-3H3/b16-12+/t14-,15+/m1/s1. The Morgan fingerprint density at radius 1 is 1.39 bits per heavy atom. The van der Waals surface area contributed by atoms with Crippen LogP contribution in [0.25, 0.3) is 0 Å². The molecule has 1 aliphatic rings. The molecule has 1 saturated heterocycles. The second-order valence-corrected chi connectivity index (χ2v) is 5.51. The van der Waals surface area contributed by atoms with E-state index in [-0.39, 0.29) is 0 Å². The Bertz CT molecular complexity index is 231. The summed E-state index contributed by atoms with van der Waals surface area (Å²) in [5, 5.41) is 6.86. The molecule has 0 spiro atoms. The maximum Gasteiger partial charge on any atom is 0.0704 e. The fourth-order valence-corrected chi connectivity index (χ4v) is 2.50. The van der Waals surface area contributed by atoms with Crippen molar-refractivity contribution in [2.24, 2.45) is 11.0 Å². The molecule has 0 aromatic heterocycles. The molecule has 0 aliphatic carbocycles. The average Bonchev–Trinajstić information content (AvgIpc) is 2.80. The van der Waals surface area contributed by atoms with Crippen molar-refractivity contribution in [3.63, 3.8) is 0 Å². The lowest BCUT2D eigenvalue weighted by atomic mass is 10.0. The minimum Gasteiger partial charge on any atom is -0.382 e. The zero-order valence-electron chi connectivity index (χ0n) is 12.4. The minimum atomic E-state index is 0.499. The molecule has 2 atom stereocenters. The van der Waals surface area contributed by atoms with Crippen molar-refractivity contribution in [3.8, 4) is 0 Å². The van der Waals surface area contributed by atoms with E-state index in [1.165, 1.54) is 44.9 Å². The number of unbranched alkanes of at least 4 members (excludes halogenated alkanes) is 3. The van der Waals surface area contributed by atoms with Crippen LogP contribution in [0.4, 0.5) is 0 Å². The first kappa shape index (κ1) is 15.5. The molecule has 1 heterocycles. The summed E-state index contributed by atoms with van der Waals surface area (Å²) in [6.07, 6.45) is 11.3. The molecule has 0 saturated carbocycles. The fraction of sp³-hybridized carbons (Fsp3) is 0.933. The number of methoxy groups -OCH3 is 1. The molecular weight excluding hydrogens is 224 g/mol. The largest absolute Gasteiger partial charge is 0.382 e. The molecule has 3 heteroatoms. The minimum absolute atomic E-state index is 0.499. The Hall–Kier alpha value is -0.570. The van der Waals surface area contributed by atoms with Crippen LogP contribution in [0.3, 0.4) is 0 Å². The molecule has 0 N–H and O–H groups in total. The van der Waals surface area contributed by atoms with Gasteiger partial charge in [-0.25, -0.2) is 0 Å². The van der Waals surface area contributed by atoms with E-state index < -0.39 is 0 Å². The van der Waals surface area contributed by atoms with E-state index in [9.17, 15) is 0 Å². The van der Waals surface area contributed by atoms with Crippen LogP contribution in [0.15, 0.2) is 5.10 Å². The van der Waals surface area contributed by atoms with Crippen molar-refractivity contribution >= 4 is 6.21 Å². The van der Waals surface area contributed by atoms with Gasteiger partial charge < -0.3 is 4.74 Å². The Kier molecular flexibility index (Phi) is 8.06. The van der Waals surface area contributed by atoms with E-state index in [0.29, 0.717) is 12.0 Å². The van der Waals surface area contributed by atoms with Crippen LogP contribution in [0.1, 0.15) is 58.8 Å². The third-order valence-electron chi connectivity index (χ3n) is 3.69. The summed E-state index contributed by atoms with van der Waals surface area (Å²) in [7, 11) is 1.77. The highest BCUT2D eigenvalue weighted by Gasteiger charge is 2.22. The predicted octanol–water partition coefficient (Wildman–Crippen LogP) is 3.69. The quantitative estimate of drug-likeness (QED) is 0.463. The van der Waals surface area contributed by atoms with E-state index in [2.05, 4.69) is 30.2 Å². The van der Waals surface area contributed by atoms with Crippen LogP contribution in [0.2, 0.25) is 0 Å². The molecule has 3 nitrogen and oxygen atoms in total. The molecular formula is C15H30N2O. The molecule has 1 aliphatic heterocycles. The van der Waals surface area contributed by atoms with Crippen molar-refractivity contribution < 1.29 is 4.74 Å². The first-order valence-electron chi connectivity index (χ1n) is 7.57. The molecule has 0 unspecified atom stereocenters. The van der Waals surface area contributed by atoms with Crippen LogP contribution in [0.5, 0.6) is 0 Å². The van der Waals surface area contributed by atoms with Gasteiger partial charge in [-0.1, -0.05) is 39.5 Å². The van der Waals surface area contributed by atoms with E-state index in [1.807, 2.05) is 0 Å². The van der Waals surface area contributed by atoms with Crippen LogP contribution in [-0.4, -0.2) is 37.5 Å². The molecule has 1 fully saturated rings. The normalized spacial score (nSPS) is 21.9. The lowest BCUT2D eigenvalue weighted by Crippen LogP contribution is -2.28. The maximum atomic E-state index is 5.24. The number of rotatable bonds is 9. The SMILES string of the molecule is CCCCCC[C@@H](C)/C=N/N1CCC[C@H]1COC. The predicted molar refractivity (Wildman–Crippen MR) is 78.0 cm³/mol. The Balaban J connectivity index is 2.20. The summed E-state index contributed by atoms with van der Waals surface area (Å²) in [6, 6.07) is 0.499. The van der Waals surface area contributed by atoms with Gasteiger partial charge in [0.2, 0.25) is 0 Å². The van der Waals surface area contributed by atoms with Gasteiger partial charge in [0, 0.05) is 19.9 Å². The second kappa shape index (κ2) is 9.37. The molecule has 0 aromatic carbocycles. The highest BCUT2D eigenvalue weighted by atomic mass is 16.5. The van der Waals surface area contributed by atoms with Crippen LogP contribution >= 0.6 is 0 Å². The molecule has 106 valence electrons. The first-order valence-corrected chi connectivity index (χ1v) is 7.57. The number of ether oxygens (including phenoxy) is 1. The lowest BCUT2D eigenvalue weighted by Gasteiger charge is -2.21. The van der Waals surface area contributed by atoms with E-state index >= 15 is 0 Å². The van der Waals surface area contributed by atoms with Crippen molar-refractivity contribution in [1.29, 1.82) is 0 Å². The lowest BCUT2D eigenvalue weighted by molar-refractivity contribution is 0.118. The summed E-state index contributed by atoms with van der Waals surface area (Å²) in [5.74, 6) is 0.602. The zero-order chi connectivity index (χ0) is 13.2. The second-order valence-electron chi connectivity index (χ2n) is 5.51. The third-order valence-corrected chi connectivity index (χ3v) is 3.69. The van der Waals surface area contributed by atoms with Crippen molar-refractivity contribution in [3.05, 3.63) is 0 Å². The maximum absolute atomic E-state index is 5.24. The molecule has 1 rings (SSSR count). The Morgan fingerprint density at radius 3 is 2.94 bits per heavy atom. The smallest absolute Gasteiger partial charge is 0.0704 e. The van der Waals surface area contributed by atoms with Crippen molar-refractivity contribution in [2.75, 3.05) is 20.3 Å². The highest BCUT2D eigenvalue weighted by Crippen LogP contribution is 2.18. The van der Waals surface area contributed by atoms with E-state index in [1.54, 1.807) is 7.11 Å². The zero-order valence-corrected chi connectivity index (χ0v) is 12.4. The number of hydrazone groups is 1. The van der Waals surface area contributed by atoms with Gasteiger partial charge in [0.1, 0.15) is 0 Å². The fourth-order valence-electron chi connectivity index (χ4n) is 2.50. The number of nitrogens with zero attached hydrogens (tertiary/aromatic N) is 2. The van der Waals surface area contributed by atoms with Crippen molar-refractivity contribution in [1.82, 2.24) is 5.01 Å². The van der Waals surface area contributed by atoms with Crippen molar-refractivity contribution in [2.45, 2.75) is 64.8 Å². The van der Waals surface area contributed by atoms with Gasteiger partial charge in [0.25, 0.3) is 0 Å². The summed E-state index contributed by atoms with van der Waals surface area (Å²) >= 11 is 0. The van der Waals surface area contributed by atoms with Gasteiger partial charge in [-0.3, -0.25) is 5.01 Å². The number of hydrogen-bond acceptors (Lipinski definition) is 3. The van der Waals surface area contributed by atoms with Gasteiger partial charge in [-0.15, -0.1) is 0 Å². The van der Waals surface area contributed by atoms with E-state index in [0.717, 1.165) is 13.2 Å². The topological polar surface area (TPSA) is 24.8 Å². The van der Waals surface area contributed by atoms with Gasteiger partial charge >= 0.3 is 0 Å².